The summed E-state index contributed by atoms with van der Waals surface area (Å²) < 4.78 is 27.1. The SMILES string of the molecule is Fc1cc(F)cc(-n2c[c]cc2)c1. The van der Waals surface area contributed by atoms with Gasteiger partial charge in [0, 0.05) is 24.5 Å². The zero-order chi connectivity index (χ0) is 9.26. The molecular formula is C10H6F2N. The van der Waals surface area contributed by atoms with E-state index in [2.05, 4.69) is 6.07 Å². The molecule has 2 rings (SSSR count). The summed E-state index contributed by atoms with van der Waals surface area (Å²) in [5.41, 5.74) is 0.457. The van der Waals surface area contributed by atoms with Crippen LogP contribution in [-0.4, -0.2) is 4.57 Å². The van der Waals surface area contributed by atoms with E-state index < -0.39 is 11.6 Å². The van der Waals surface area contributed by atoms with E-state index in [1.807, 2.05) is 0 Å². The second-order valence-corrected chi connectivity index (χ2v) is 2.65. The highest BCUT2D eigenvalue weighted by atomic mass is 19.1. The number of hydrogen-bond donors (Lipinski definition) is 0. The molecule has 0 N–H and O–H groups in total. The van der Waals surface area contributed by atoms with E-state index in [9.17, 15) is 8.78 Å². The van der Waals surface area contributed by atoms with Crippen LogP contribution >= 0.6 is 0 Å². The third kappa shape index (κ3) is 1.59. The van der Waals surface area contributed by atoms with Crippen molar-refractivity contribution in [3.05, 3.63) is 54.4 Å². The van der Waals surface area contributed by atoms with E-state index in [1.54, 1.807) is 23.0 Å². The fourth-order valence-corrected chi connectivity index (χ4v) is 1.14. The molecular weight excluding hydrogens is 172 g/mol. The van der Waals surface area contributed by atoms with Crippen molar-refractivity contribution < 1.29 is 8.78 Å². The van der Waals surface area contributed by atoms with Crippen molar-refractivity contribution in [2.24, 2.45) is 0 Å². The van der Waals surface area contributed by atoms with E-state index in [0.29, 0.717) is 5.69 Å². The van der Waals surface area contributed by atoms with Gasteiger partial charge >= 0.3 is 0 Å². The first kappa shape index (κ1) is 7.98. The Morgan fingerprint density at radius 3 is 2.31 bits per heavy atom. The summed E-state index contributed by atoms with van der Waals surface area (Å²) in [4.78, 5) is 0. The standard InChI is InChI=1S/C10H6F2N/c11-8-5-9(12)7-10(6-8)13-3-1-2-4-13/h1,3-7H. The Hall–Kier alpha value is -1.64. The number of hydrogen-bond acceptors (Lipinski definition) is 0. The summed E-state index contributed by atoms with van der Waals surface area (Å²) in [5.74, 6) is -1.16. The molecule has 0 unspecified atom stereocenters. The Kier molecular flexibility index (Phi) is 1.85. The van der Waals surface area contributed by atoms with Gasteiger partial charge < -0.3 is 4.57 Å². The predicted octanol–water partition coefficient (Wildman–Crippen LogP) is 2.56. The molecule has 2 aromatic rings. The lowest BCUT2D eigenvalue weighted by molar-refractivity contribution is 0.581. The maximum Gasteiger partial charge on any atom is 0.128 e. The zero-order valence-corrected chi connectivity index (χ0v) is 6.67. The Morgan fingerprint density at radius 1 is 1.08 bits per heavy atom. The van der Waals surface area contributed by atoms with Gasteiger partial charge in [0.2, 0.25) is 0 Å². The third-order valence-electron chi connectivity index (χ3n) is 1.69. The largest absolute Gasteiger partial charge is 0.323 e. The van der Waals surface area contributed by atoms with Gasteiger partial charge in [-0.05, 0) is 18.2 Å². The Morgan fingerprint density at radius 2 is 1.77 bits per heavy atom. The van der Waals surface area contributed by atoms with Gasteiger partial charge in [-0.3, -0.25) is 0 Å². The van der Waals surface area contributed by atoms with Crippen molar-refractivity contribution in [3.8, 4) is 5.69 Å². The minimum atomic E-state index is -0.580. The van der Waals surface area contributed by atoms with E-state index in [4.69, 9.17) is 0 Å². The molecule has 1 nitrogen and oxygen atoms in total. The molecule has 0 aliphatic carbocycles. The summed E-state index contributed by atoms with van der Waals surface area (Å²) in [6.45, 7) is 0. The van der Waals surface area contributed by atoms with Crippen molar-refractivity contribution in [1.29, 1.82) is 0 Å². The van der Waals surface area contributed by atoms with E-state index in [0.717, 1.165) is 6.07 Å². The molecule has 0 aliphatic rings. The summed E-state index contributed by atoms with van der Waals surface area (Å²) in [6.07, 6.45) is 3.28. The molecule has 0 spiro atoms. The summed E-state index contributed by atoms with van der Waals surface area (Å²) in [6, 6.07) is 7.82. The maximum atomic E-state index is 12.8. The lowest BCUT2D eigenvalue weighted by Crippen LogP contribution is -1.92. The smallest absolute Gasteiger partial charge is 0.128 e. The Labute approximate surface area is 74.2 Å². The lowest BCUT2D eigenvalue weighted by Gasteiger charge is -2.02. The van der Waals surface area contributed by atoms with Crippen molar-refractivity contribution in [1.82, 2.24) is 4.57 Å². The van der Waals surface area contributed by atoms with Crippen molar-refractivity contribution >= 4 is 0 Å². The van der Waals surface area contributed by atoms with Gasteiger partial charge in [-0.25, -0.2) is 8.78 Å². The molecule has 1 aromatic heterocycles. The minimum Gasteiger partial charge on any atom is -0.323 e. The molecule has 0 atom stereocenters. The Bertz CT molecular complexity index is 387. The first-order valence-corrected chi connectivity index (χ1v) is 3.76. The summed E-state index contributed by atoms with van der Waals surface area (Å²) >= 11 is 0. The van der Waals surface area contributed by atoms with Crippen LogP contribution in [0.4, 0.5) is 8.78 Å². The predicted molar refractivity (Wildman–Crippen MR) is 44.5 cm³/mol. The average molecular weight is 178 g/mol. The van der Waals surface area contributed by atoms with Crippen LogP contribution in [0.2, 0.25) is 0 Å². The monoisotopic (exact) mass is 178 g/mol. The van der Waals surface area contributed by atoms with Gasteiger partial charge in [-0.1, -0.05) is 0 Å². The van der Waals surface area contributed by atoms with Gasteiger partial charge in [0.1, 0.15) is 11.6 Å². The van der Waals surface area contributed by atoms with Crippen LogP contribution in [0, 0.1) is 17.7 Å². The molecule has 1 aromatic carbocycles. The molecule has 3 heteroatoms. The highest BCUT2D eigenvalue weighted by Crippen LogP contribution is 2.12. The van der Waals surface area contributed by atoms with E-state index in [-0.39, 0.29) is 0 Å². The molecule has 0 fully saturated rings. The molecule has 0 bridgehead atoms. The topological polar surface area (TPSA) is 4.93 Å². The number of benzene rings is 1. The van der Waals surface area contributed by atoms with Crippen LogP contribution in [0.1, 0.15) is 0 Å². The molecule has 1 heterocycles. The summed E-state index contributed by atoms with van der Waals surface area (Å²) in [7, 11) is 0. The van der Waals surface area contributed by atoms with Crippen LogP contribution in [0.5, 0.6) is 0 Å². The van der Waals surface area contributed by atoms with Crippen molar-refractivity contribution in [3.63, 3.8) is 0 Å². The van der Waals surface area contributed by atoms with Crippen LogP contribution in [0.25, 0.3) is 5.69 Å². The number of nitrogens with zero attached hydrogens (tertiary/aromatic N) is 1. The molecule has 65 valence electrons. The molecule has 13 heavy (non-hydrogen) atoms. The van der Waals surface area contributed by atoms with Gasteiger partial charge in [0.15, 0.2) is 0 Å². The second kappa shape index (κ2) is 3.01. The maximum absolute atomic E-state index is 12.8. The number of aromatic nitrogens is 1. The summed E-state index contributed by atoms with van der Waals surface area (Å²) in [5, 5.41) is 0. The third-order valence-corrected chi connectivity index (χ3v) is 1.69. The first-order chi connectivity index (χ1) is 6.25. The van der Waals surface area contributed by atoms with Crippen molar-refractivity contribution in [2.45, 2.75) is 0 Å². The second-order valence-electron chi connectivity index (χ2n) is 2.65. The molecule has 0 aliphatic heterocycles. The highest BCUT2D eigenvalue weighted by Gasteiger charge is 2.00. The van der Waals surface area contributed by atoms with Crippen molar-refractivity contribution in [2.75, 3.05) is 0 Å². The molecule has 0 amide bonds. The van der Waals surface area contributed by atoms with Gasteiger partial charge in [0.05, 0.1) is 5.69 Å². The fraction of sp³-hybridized carbons (Fsp3) is 0. The van der Waals surface area contributed by atoms with Gasteiger partial charge in [0.25, 0.3) is 0 Å². The number of rotatable bonds is 1. The van der Waals surface area contributed by atoms with E-state index in [1.165, 1.54) is 12.1 Å². The van der Waals surface area contributed by atoms with Crippen LogP contribution in [0.15, 0.2) is 36.7 Å². The lowest BCUT2D eigenvalue weighted by atomic mass is 10.3. The van der Waals surface area contributed by atoms with Gasteiger partial charge in [-0.15, -0.1) is 0 Å². The first-order valence-electron chi connectivity index (χ1n) is 3.76. The normalized spacial score (nSPS) is 10.3. The highest BCUT2D eigenvalue weighted by molar-refractivity contribution is 5.33. The van der Waals surface area contributed by atoms with Crippen LogP contribution < -0.4 is 0 Å². The van der Waals surface area contributed by atoms with E-state index >= 15 is 0 Å². The van der Waals surface area contributed by atoms with Crippen LogP contribution in [-0.2, 0) is 0 Å². The quantitative estimate of drug-likeness (QED) is 0.632. The fourth-order valence-electron chi connectivity index (χ4n) is 1.14. The average Bonchev–Trinajstić information content (AvgIpc) is 2.53. The Balaban J connectivity index is 2.53. The zero-order valence-electron chi connectivity index (χ0n) is 6.67. The molecule has 1 radical (unpaired) electrons. The molecule has 0 saturated heterocycles. The molecule has 0 saturated carbocycles. The minimum absolute atomic E-state index is 0.457. The van der Waals surface area contributed by atoms with Crippen LogP contribution in [0.3, 0.4) is 0 Å². The number of halogens is 2. The van der Waals surface area contributed by atoms with Gasteiger partial charge in [-0.2, -0.15) is 0 Å².